The van der Waals surface area contributed by atoms with Crippen LogP contribution in [-0.4, -0.2) is 37.8 Å². The minimum absolute atomic E-state index is 0.0299. The van der Waals surface area contributed by atoms with E-state index in [1.165, 1.54) is 0 Å². The lowest BCUT2D eigenvalue weighted by Crippen LogP contribution is -2.31. The second-order valence-electron chi connectivity index (χ2n) is 4.43. The molecule has 0 aliphatic carbocycles. The van der Waals surface area contributed by atoms with Crippen LogP contribution in [0.1, 0.15) is 16.7 Å². The largest absolute Gasteiger partial charge is 0.483 e. The smallest absolute Gasteiger partial charge is 0.258 e. The van der Waals surface area contributed by atoms with Crippen molar-refractivity contribution in [3.63, 3.8) is 0 Å². The van der Waals surface area contributed by atoms with E-state index in [-0.39, 0.29) is 12.5 Å². The number of benzene rings is 1. The number of amides is 1. The Morgan fingerprint density at radius 1 is 1.35 bits per heavy atom. The highest BCUT2D eigenvalue weighted by Gasteiger charge is 2.10. The molecular weight excluding hydrogens is 276 g/mol. The molecule has 0 bridgehead atoms. The number of thiocarbonyl (C=S) groups is 1. The van der Waals surface area contributed by atoms with Crippen LogP contribution in [0, 0.1) is 13.8 Å². The molecule has 1 aromatic rings. The van der Waals surface area contributed by atoms with Gasteiger partial charge >= 0.3 is 0 Å². The number of carbonyl (C=O) groups excluding carboxylic acids is 1. The topological polar surface area (TPSA) is 73.6 Å². The zero-order valence-electron chi connectivity index (χ0n) is 12.0. The Balaban J connectivity index is 2.64. The minimum Gasteiger partial charge on any atom is -0.483 e. The van der Waals surface area contributed by atoms with Crippen molar-refractivity contribution in [2.45, 2.75) is 13.8 Å². The maximum Gasteiger partial charge on any atom is 0.258 e. The van der Waals surface area contributed by atoms with E-state index in [0.29, 0.717) is 23.9 Å². The fourth-order valence-electron chi connectivity index (χ4n) is 1.80. The van der Waals surface area contributed by atoms with Crippen LogP contribution in [0.5, 0.6) is 5.75 Å². The first kappa shape index (κ1) is 16.4. The van der Waals surface area contributed by atoms with Crippen LogP contribution in [0.15, 0.2) is 12.1 Å². The fourth-order valence-corrected chi connectivity index (χ4v) is 1.92. The third-order valence-corrected chi connectivity index (χ3v) is 2.96. The summed E-state index contributed by atoms with van der Waals surface area (Å²) in [5.74, 6) is 0.506. The van der Waals surface area contributed by atoms with Crippen LogP contribution in [0.25, 0.3) is 0 Å². The summed E-state index contributed by atoms with van der Waals surface area (Å²) in [5, 5.41) is 2.69. The second kappa shape index (κ2) is 7.81. The molecule has 110 valence electrons. The molecule has 20 heavy (non-hydrogen) atoms. The van der Waals surface area contributed by atoms with E-state index in [2.05, 4.69) is 5.32 Å². The number of ether oxygens (including phenoxy) is 2. The highest BCUT2D eigenvalue weighted by molar-refractivity contribution is 7.80. The summed E-state index contributed by atoms with van der Waals surface area (Å²) in [4.78, 5) is 11.9. The van der Waals surface area contributed by atoms with Gasteiger partial charge in [0.15, 0.2) is 6.61 Å². The molecule has 0 unspecified atom stereocenters. The van der Waals surface area contributed by atoms with E-state index in [9.17, 15) is 4.79 Å². The Labute approximate surface area is 124 Å². The van der Waals surface area contributed by atoms with Gasteiger partial charge in [0, 0.05) is 19.2 Å². The molecule has 1 rings (SSSR count). The quantitative estimate of drug-likeness (QED) is 0.582. The fraction of sp³-hybridized carbons (Fsp3) is 0.429. The van der Waals surface area contributed by atoms with Crippen molar-refractivity contribution >= 4 is 23.1 Å². The number of nitrogens with two attached hydrogens (primary N) is 1. The molecule has 5 nitrogen and oxygen atoms in total. The Kier molecular flexibility index (Phi) is 6.41. The molecule has 0 aliphatic rings. The summed E-state index contributed by atoms with van der Waals surface area (Å²) >= 11 is 4.95. The number of hydrogen-bond acceptors (Lipinski definition) is 4. The van der Waals surface area contributed by atoms with Crippen molar-refractivity contribution < 1.29 is 14.3 Å². The van der Waals surface area contributed by atoms with Gasteiger partial charge in [0.25, 0.3) is 5.91 Å². The summed E-state index contributed by atoms with van der Waals surface area (Å²) in [6.07, 6.45) is 0. The molecule has 0 aliphatic heterocycles. The molecule has 0 saturated heterocycles. The van der Waals surface area contributed by atoms with Gasteiger partial charge in [0.05, 0.1) is 6.61 Å². The molecule has 0 aromatic heterocycles. The van der Waals surface area contributed by atoms with Crippen LogP contribution in [-0.2, 0) is 9.53 Å². The Morgan fingerprint density at radius 3 is 2.45 bits per heavy atom. The molecule has 0 heterocycles. The highest BCUT2D eigenvalue weighted by atomic mass is 32.1. The summed E-state index contributed by atoms with van der Waals surface area (Å²) in [7, 11) is 1.58. The van der Waals surface area contributed by atoms with E-state index in [1.54, 1.807) is 7.11 Å². The zero-order valence-corrected chi connectivity index (χ0v) is 12.8. The maximum absolute atomic E-state index is 11.6. The van der Waals surface area contributed by atoms with Gasteiger partial charge < -0.3 is 20.5 Å². The first-order chi connectivity index (χ1) is 9.45. The van der Waals surface area contributed by atoms with Crippen LogP contribution >= 0.6 is 12.2 Å². The standard InChI is InChI=1S/C14H20N2O3S/c1-9-6-11(14(15)20)7-10(2)13(9)19-8-12(17)16-4-5-18-3/h6-7H,4-5,8H2,1-3H3,(H2,15,20)(H,16,17). The molecule has 1 aromatic carbocycles. The Hall–Kier alpha value is -1.66. The Morgan fingerprint density at radius 2 is 1.95 bits per heavy atom. The van der Waals surface area contributed by atoms with Crippen LogP contribution in [0.4, 0.5) is 0 Å². The lowest BCUT2D eigenvalue weighted by atomic mass is 10.1. The van der Waals surface area contributed by atoms with Crippen molar-refractivity contribution in [3.05, 3.63) is 28.8 Å². The summed E-state index contributed by atoms with van der Waals surface area (Å²) in [6.45, 7) is 4.71. The van der Waals surface area contributed by atoms with Gasteiger partial charge in [-0.15, -0.1) is 0 Å². The first-order valence-electron chi connectivity index (χ1n) is 6.25. The molecule has 3 N–H and O–H groups in total. The van der Waals surface area contributed by atoms with Gasteiger partial charge in [0.2, 0.25) is 0 Å². The van der Waals surface area contributed by atoms with Crippen LogP contribution in [0.2, 0.25) is 0 Å². The molecule has 0 radical (unpaired) electrons. The number of rotatable bonds is 7. The lowest BCUT2D eigenvalue weighted by Gasteiger charge is -2.13. The van der Waals surface area contributed by atoms with Crippen LogP contribution < -0.4 is 15.8 Å². The molecule has 0 saturated carbocycles. The molecule has 0 spiro atoms. The number of carbonyl (C=O) groups is 1. The highest BCUT2D eigenvalue weighted by Crippen LogP contribution is 2.24. The zero-order chi connectivity index (χ0) is 15.1. The number of nitrogens with one attached hydrogen (secondary N) is 1. The third-order valence-electron chi connectivity index (χ3n) is 2.72. The van der Waals surface area contributed by atoms with E-state index >= 15 is 0 Å². The van der Waals surface area contributed by atoms with Crippen molar-refractivity contribution in [2.24, 2.45) is 5.73 Å². The predicted molar refractivity (Wildman–Crippen MR) is 82.2 cm³/mol. The van der Waals surface area contributed by atoms with E-state index < -0.39 is 0 Å². The second-order valence-corrected chi connectivity index (χ2v) is 4.87. The maximum atomic E-state index is 11.6. The van der Waals surface area contributed by atoms with Gasteiger partial charge in [-0.1, -0.05) is 12.2 Å². The molecule has 6 heteroatoms. The molecule has 0 fully saturated rings. The van der Waals surface area contributed by atoms with Crippen LogP contribution in [0.3, 0.4) is 0 Å². The van der Waals surface area contributed by atoms with Gasteiger partial charge in [-0.3, -0.25) is 4.79 Å². The average Bonchev–Trinajstić information content (AvgIpc) is 2.37. The van der Waals surface area contributed by atoms with Crippen molar-refractivity contribution in [2.75, 3.05) is 26.9 Å². The van der Waals surface area contributed by atoms with E-state index in [4.69, 9.17) is 27.4 Å². The SMILES string of the molecule is COCCNC(=O)COc1c(C)cc(C(N)=S)cc1C. The Bertz CT molecular complexity index is 480. The van der Waals surface area contributed by atoms with E-state index in [1.807, 2.05) is 26.0 Å². The van der Waals surface area contributed by atoms with Gasteiger partial charge in [0.1, 0.15) is 10.7 Å². The van der Waals surface area contributed by atoms with E-state index in [0.717, 1.165) is 16.7 Å². The van der Waals surface area contributed by atoms with Crippen molar-refractivity contribution in [3.8, 4) is 5.75 Å². The molecular formula is C14H20N2O3S. The molecule has 0 atom stereocenters. The third kappa shape index (κ3) is 4.79. The lowest BCUT2D eigenvalue weighted by molar-refractivity contribution is -0.123. The first-order valence-corrected chi connectivity index (χ1v) is 6.66. The monoisotopic (exact) mass is 296 g/mol. The molecule has 1 amide bonds. The minimum atomic E-state index is -0.181. The van der Waals surface area contributed by atoms with Gasteiger partial charge in [-0.25, -0.2) is 0 Å². The number of hydrogen-bond donors (Lipinski definition) is 2. The average molecular weight is 296 g/mol. The normalized spacial score (nSPS) is 10.2. The predicted octanol–water partition coefficient (Wildman–Crippen LogP) is 1.08. The number of aryl methyl sites for hydroxylation is 2. The summed E-state index contributed by atoms with van der Waals surface area (Å²) in [5.41, 5.74) is 8.21. The van der Waals surface area contributed by atoms with Crippen molar-refractivity contribution in [1.82, 2.24) is 5.32 Å². The van der Waals surface area contributed by atoms with Gasteiger partial charge in [-0.2, -0.15) is 0 Å². The van der Waals surface area contributed by atoms with Crippen molar-refractivity contribution in [1.29, 1.82) is 0 Å². The van der Waals surface area contributed by atoms with Gasteiger partial charge in [-0.05, 0) is 37.1 Å². The summed E-state index contributed by atoms with van der Waals surface area (Å²) < 4.78 is 10.4. The summed E-state index contributed by atoms with van der Waals surface area (Å²) in [6, 6.07) is 3.71. The number of methoxy groups -OCH3 is 1.